The molecule has 200 valence electrons. The third-order valence-electron chi connectivity index (χ3n) is 7.09. The monoisotopic (exact) mass is 542 g/mol. The molecule has 2 atom stereocenters. The standard InChI is InChI=1S/C32H31ClN2O4/c1-20(2)39-29-19-27-22(17-28(29)38-4)18-30(36)35(31(27)21-5-9-25(33)10-6-21)26-11-7-23(8-12-26)32(3,37)24-13-15-34-16-14-24/h5-17,19-20,31,37H,18H2,1-4H3/t31?,32-/m0/s1. The number of aliphatic hydroxyl groups is 1. The van der Waals surface area contributed by atoms with E-state index < -0.39 is 11.6 Å². The maximum Gasteiger partial charge on any atom is 0.232 e. The Morgan fingerprint density at radius 1 is 0.974 bits per heavy atom. The first-order valence-electron chi connectivity index (χ1n) is 12.9. The Balaban J connectivity index is 1.61. The topological polar surface area (TPSA) is 71.9 Å². The Bertz CT molecular complexity index is 1470. The molecule has 0 aliphatic carbocycles. The van der Waals surface area contributed by atoms with Gasteiger partial charge in [0.1, 0.15) is 5.60 Å². The molecule has 0 saturated heterocycles. The van der Waals surface area contributed by atoms with Gasteiger partial charge in [-0.2, -0.15) is 0 Å². The van der Waals surface area contributed by atoms with Gasteiger partial charge in [0, 0.05) is 23.1 Å². The molecule has 1 unspecified atom stereocenters. The van der Waals surface area contributed by atoms with Gasteiger partial charge in [0.2, 0.25) is 5.91 Å². The van der Waals surface area contributed by atoms with Gasteiger partial charge in [-0.15, -0.1) is 0 Å². The van der Waals surface area contributed by atoms with Gasteiger partial charge >= 0.3 is 0 Å². The van der Waals surface area contributed by atoms with Crippen LogP contribution in [0.4, 0.5) is 5.69 Å². The van der Waals surface area contributed by atoms with Crippen molar-refractivity contribution in [3.8, 4) is 11.5 Å². The fourth-order valence-corrected chi connectivity index (χ4v) is 5.24. The number of benzene rings is 3. The molecule has 5 rings (SSSR count). The van der Waals surface area contributed by atoms with Crippen LogP contribution in [0, 0.1) is 0 Å². The minimum absolute atomic E-state index is 0.0457. The van der Waals surface area contributed by atoms with E-state index in [1.54, 1.807) is 38.6 Å². The summed E-state index contributed by atoms with van der Waals surface area (Å²) in [4.78, 5) is 19.6. The number of aromatic nitrogens is 1. The number of carbonyl (C=O) groups is 1. The third-order valence-corrected chi connectivity index (χ3v) is 7.34. The minimum atomic E-state index is -1.21. The summed E-state index contributed by atoms with van der Waals surface area (Å²) in [6.07, 6.45) is 3.48. The summed E-state index contributed by atoms with van der Waals surface area (Å²) < 4.78 is 11.7. The van der Waals surface area contributed by atoms with E-state index in [4.69, 9.17) is 21.1 Å². The zero-order valence-electron chi connectivity index (χ0n) is 22.4. The lowest BCUT2D eigenvalue weighted by Gasteiger charge is -2.38. The molecule has 0 radical (unpaired) electrons. The number of anilines is 1. The Labute approximate surface area is 233 Å². The summed E-state index contributed by atoms with van der Waals surface area (Å²) in [7, 11) is 1.60. The fourth-order valence-electron chi connectivity index (χ4n) is 5.12. The van der Waals surface area contributed by atoms with E-state index in [0.717, 1.165) is 27.9 Å². The number of nitrogens with zero attached hydrogens (tertiary/aromatic N) is 2. The van der Waals surface area contributed by atoms with Crippen molar-refractivity contribution in [3.05, 3.63) is 118 Å². The van der Waals surface area contributed by atoms with Gasteiger partial charge < -0.3 is 19.5 Å². The van der Waals surface area contributed by atoms with Crippen LogP contribution in [0.5, 0.6) is 11.5 Å². The minimum Gasteiger partial charge on any atom is -0.493 e. The number of carbonyl (C=O) groups excluding carboxylic acids is 1. The predicted molar refractivity (Wildman–Crippen MR) is 153 cm³/mol. The molecule has 6 nitrogen and oxygen atoms in total. The molecule has 2 heterocycles. The first kappa shape index (κ1) is 26.7. The van der Waals surface area contributed by atoms with E-state index >= 15 is 0 Å². The molecule has 39 heavy (non-hydrogen) atoms. The van der Waals surface area contributed by atoms with E-state index in [1.807, 2.05) is 79.4 Å². The van der Waals surface area contributed by atoms with Gasteiger partial charge in [-0.3, -0.25) is 9.78 Å². The van der Waals surface area contributed by atoms with Crippen molar-refractivity contribution in [2.24, 2.45) is 0 Å². The highest BCUT2D eigenvalue weighted by molar-refractivity contribution is 6.30. The van der Waals surface area contributed by atoms with Crippen LogP contribution < -0.4 is 14.4 Å². The predicted octanol–water partition coefficient (Wildman–Crippen LogP) is 6.47. The molecule has 1 amide bonds. The highest BCUT2D eigenvalue weighted by Crippen LogP contribution is 2.44. The third kappa shape index (κ3) is 5.22. The summed E-state index contributed by atoms with van der Waals surface area (Å²) in [5, 5.41) is 11.9. The number of methoxy groups -OCH3 is 1. The SMILES string of the molecule is COc1cc2c(cc1OC(C)C)C(c1ccc(Cl)cc1)N(c1ccc([C@](C)(O)c3ccncc3)cc1)C(=O)C2. The number of fused-ring (bicyclic) bond motifs is 1. The summed E-state index contributed by atoms with van der Waals surface area (Å²) in [5.74, 6) is 1.18. The lowest BCUT2D eigenvalue weighted by Crippen LogP contribution is -2.41. The van der Waals surface area contributed by atoms with E-state index in [2.05, 4.69) is 4.98 Å². The van der Waals surface area contributed by atoms with E-state index in [-0.39, 0.29) is 18.4 Å². The van der Waals surface area contributed by atoms with E-state index in [1.165, 1.54) is 0 Å². The van der Waals surface area contributed by atoms with Crippen LogP contribution in [-0.2, 0) is 16.8 Å². The Morgan fingerprint density at radius 2 is 1.62 bits per heavy atom. The molecule has 0 fully saturated rings. The fraction of sp³-hybridized carbons (Fsp3) is 0.250. The maximum atomic E-state index is 13.7. The molecule has 0 saturated carbocycles. The molecular weight excluding hydrogens is 512 g/mol. The van der Waals surface area contributed by atoms with Gasteiger partial charge in [-0.1, -0.05) is 35.9 Å². The zero-order valence-corrected chi connectivity index (χ0v) is 23.1. The van der Waals surface area contributed by atoms with Crippen molar-refractivity contribution in [3.63, 3.8) is 0 Å². The number of hydrogen-bond donors (Lipinski definition) is 1. The van der Waals surface area contributed by atoms with Crippen molar-refractivity contribution in [1.29, 1.82) is 0 Å². The van der Waals surface area contributed by atoms with Crippen LogP contribution >= 0.6 is 11.6 Å². The first-order chi connectivity index (χ1) is 18.7. The molecule has 1 aliphatic heterocycles. The van der Waals surface area contributed by atoms with Gasteiger partial charge in [0.05, 0.1) is 25.7 Å². The zero-order chi connectivity index (χ0) is 27.7. The normalized spacial score (nSPS) is 16.5. The quantitative estimate of drug-likeness (QED) is 0.290. The first-order valence-corrected chi connectivity index (χ1v) is 13.2. The van der Waals surface area contributed by atoms with Crippen LogP contribution in [-0.4, -0.2) is 29.2 Å². The molecule has 1 aromatic heterocycles. The van der Waals surface area contributed by atoms with Gasteiger partial charge in [0.15, 0.2) is 11.5 Å². The number of pyridine rings is 1. The highest BCUT2D eigenvalue weighted by Gasteiger charge is 2.36. The molecule has 0 bridgehead atoms. The average Bonchev–Trinajstić information content (AvgIpc) is 2.93. The lowest BCUT2D eigenvalue weighted by atomic mass is 9.86. The number of ether oxygens (including phenoxy) is 2. The number of rotatable bonds is 7. The lowest BCUT2D eigenvalue weighted by molar-refractivity contribution is -0.118. The molecule has 4 aromatic rings. The second-order valence-corrected chi connectivity index (χ2v) is 10.6. The van der Waals surface area contributed by atoms with Crippen molar-refractivity contribution < 1.29 is 19.4 Å². The van der Waals surface area contributed by atoms with Crippen LogP contribution in [0.2, 0.25) is 5.02 Å². The average molecular weight is 543 g/mol. The van der Waals surface area contributed by atoms with Crippen molar-refractivity contribution >= 4 is 23.2 Å². The number of hydrogen-bond acceptors (Lipinski definition) is 5. The van der Waals surface area contributed by atoms with Crippen LogP contribution in [0.25, 0.3) is 0 Å². The van der Waals surface area contributed by atoms with Crippen LogP contribution in [0.3, 0.4) is 0 Å². The molecule has 3 aromatic carbocycles. The molecule has 1 aliphatic rings. The molecule has 0 spiro atoms. The summed E-state index contributed by atoms with van der Waals surface area (Å²) >= 11 is 6.22. The van der Waals surface area contributed by atoms with Crippen molar-refractivity contribution in [1.82, 2.24) is 4.98 Å². The molecule has 1 N–H and O–H groups in total. The second kappa shape index (κ2) is 10.7. The smallest absolute Gasteiger partial charge is 0.232 e. The van der Waals surface area contributed by atoms with Crippen LogP contribution in [0.15, 0.2) is 85.2 Å². The van der Waals surface area contributed by atoms with Crippen molar-refractivity contribution in [2.45, 2.75) is 44.9 Å². The summed E-state index contributed by atoms with van der Waals surface area (Å²) in [5.41, 5.74) is 3.73. The number of amides is 1. The van der Waals surface area contributed by atoms with Crippen LogP contribution in [0.1, 0.15) is 54.6 Å². The van der Waals surface area contributed by atoms with E-state index in [9.17, 15) is 9.90 Å². The van der Waals surface area contributed by atoms with Gasteiger partial charge in [0.25, 0.3) is 0 Å². The molecular formula is C32H31ClN2O4. The van der Waals surface area contributed by atoms with Gasteiger partial charge in [-0.05, 0) is 97.1 Å². The Kier molecular flexibility index (Phi) is 7.34. The highest BCUT2D eigenvalue weighted by atomic mass is 35.5. The van der Waals surface area contributed by atoms with Crippen molar-refractivity contribution in [2.75, 3.05) is 12.0 Å². The summed E-state index contributed by atoms with van der Waals surface area (Å²) in [6.45, 7) is 5.68. The Morgan fingerprint density at radius 3 is 2.23 bits per heavy atom. The largest absolute Gasteiger partial charge is 0.493 e. The number of halogens is 1. The van der Waals surface area contributed by atoms with Gasteiger partial charge in [-0.25, -0.2) is 0 Å². The maximum absolute atomic E-state index is 13.7. The second-order valence-electron chi connectivity index (χ2n) is 10.1. The molecule has 7 heteroatoms. The Hall–Kier alpha value is -3.87. The summed E-state index contributed by atoms with van der Waals surface area (Å²) in [6, 6.07) is 22.1. The van der Waals surface area contributed by atoms with E-state index in [0.29, 0.717) is 22.1 Å².